The van der Waals surface area contributed by atoms with Crippen molar-refractivity contribution in [3.63, 3.8) is 0 Å². The molecule has 1 aliphatic heterocycles. The predicted octanol–water partition coefficient (Wildman–Crippen LogP) is 5.01. The van der Waals surface area contributed by atoms with E-state index in [1.807, 2.05) is 18.2 Å². The molecule has 1 aliphatic carbocycles. The Balaban J connectivity index is 1.79. The van der Waals surface area contributed by atoms with Gasteiger partial charge in [0.25, 0.3) is 0 Å². The molecule has 1 saturated heterocycles. The number of halogens is 3. The summed E-state index contributed by atoms with van der Waals surface area (Å²) < 4.78 is 45.1. The number of aryl methyl sites for hydroxylation is 1. The van der Waals surface area contributed by atoms with E-state index in [4.69, 9.17) is 4.74 Å². The van der Waals surface area contributed by atoms with Crippen LogP contribution >= 0.6 is 0 Å². The zero-order valence-electron chi connectivity index (χ0n) is 16.8. The Labute approximate surface area is 173 Å². The Bertz CT molecular complexity index is 1010. The Kier molecular flexibility index (Phi) is 5.30. The largest absolute Gasteiger partial charge is 0.481 e. The van der Waals surface area contributed by atoms with Gasteiger partial charge in [-0.05, 0) is 55.4 Å². The molecule has 0 bridgehead atoms. The monoisotopic (exact) mass is 416 g/mol. The number of ether oxygens (including phenoxy) is 1. The average Bonchev–Trinajstić information content (AvgIpc) is 3.46. The SMILES string of the molecule is COc1nc(/C(=C/[C@H]2CCC(=O)N2)c2ccc(C(F)(F)F)c(C)c2)ccc1C1CC1. The van der Waals surface area contributed by atoms with E-state index in [0.717, 1.165) is 24.5 Å². The molecule has 2 aliphatic rings. The van der Waals surface area contributed by atoms with Crippen LogP contribution in [0.15, 0.2) is 36.4 Å². The van der Waals surface area contributed by atoms with Crippen molar-refractivity contribution in [3.05, 3.63) is 64.4 Å². The van der Waals surface area contributed by atoms with Gasteiger partial charge in [0.05, 0.1) is 18.4 Å². The molecule has 4 rings (SSSR count). The normalized spacial score (nSPS) is 19.7. The molecule has 1 N–H and O–H groups in total. The molecule has 1 aromatic carbocycles. The van der Waals surface area contributed by atoms with Crippen LogP contribution in [0.25, 0.3) is 5.57 Å². The highest BCUT2D eigenvalue weighted by atomic mass is 19.4. The minimum Gasteiger partial charge on any atom is -0.481 e. The topological polar surface area (TPSA) is 51.2 Å². The number of hydrogen-bond donors (Lipinski definition) is 1. The first-order valence-corrected chi connectivity index (χ1v) is 10.0. The van der Waals surface area contributed by atoms with Crippen LogP contribution in [0.5, 0.6) is 5.88 Å². The van der Waals surface area contributed by atoms with E-state index in [1.54, 1.807) is 7.11 Å². The third-order valence-corrected chi connectivity index (χ3v) is 5.62. The third kappa shape index (κ3) is 4.20. The van der Waals surface area contributed by atoms with Gasteiger partial charge in [0.15, 0.2) is 0 Å². The van der Waals surface area contributed by atoms with Gasteiger partial charge >= 0.3 is 6.18 Å². The number of amides is 1. The number of nitrogens with zero attached hydrogens (tertiary/aromatic N) is 1. The van der Waals surface area contributed by atoms with E-state index in [-0.39, 0.29) is 17.5 Å². The minimum atomic E-state index is -4.40. The van der Waals surface area contributed by atoms with Gasteiger partial charge in [-0.1, -0.05) is 24.3 Å². The maximum atomic E-state index is 13.2. The third-order valence-electron chi connectivity index (χ3n) is 5.62. The number of aromatic nitrogens is 1. The maximum Gasteiger partial charge on any atom is 0.416 e. The summed E-state index contributed by atoms with van der Waals surface area (Å²) in [4.78, 5) is 16.3. The fourth-order valence-electron chi connectivity index (χ4n) is 3.91. The molecular formula is C23H23F3N2O2. The Morgan fingerprint density at radius 1 is 1.20 bits per heavy atom. The second-order valence-electron chi connectivity index (χ2n) is 7.89. The van der Waals surface area contributed by atoms with Crippen molar-refractivity contribution < 1.29 is 22.7 Å². The number of nitrogens with one attached hydrogen (secondary N) is 1. The van der Waals surface area contributed by atoms with Crippen molar-refractivity contribution in [2.75, 3.05) is 7.11 Å². The Morgan fingerprint density at radius 3 is 2.53 bits per heavy atom. The standard InChI is InChI=1S/C23H23F3N2O2/c1-13-11-15(5-8-19(13)23(24,25)26)18(12-16-6-10-21(29)27-16)20-9-7-17(14-3-4-14)22(28-20)30-2/h5,7-9,11-12,14,16H,3-4,6,10H2,1-2H3,(H,27,29)/b18-12+/t16-/m1/s1. The number of methoxy groups -OCH3 is 1. The molecule has 1 atom stereocenters. The molecule has 2 fully saturated rings. The summed E-state index contributed by atoms with van der Waals surface area (Å²) in [5, 5.41) is 2.89. The lowest BCUT2D eigenvalue weighted by Crippen LogP contribution is -2.23. The van der Waals surface area contributed by atoms with Crippen LogP contribution in [0, 0.1) is 6.92 Å². The minimum absolute atomic E-state index is 0.0335. The van der Waals surface area contributed by atoms with Gasteiger partial charge in [0.2, 0.25) is 11.8 Å². The summed E-state index contributed by atoms with van der Waals surface area (Å²) in [6.45, 7) is 1.45. The van der Waals surface area contributed by atoms with E-state index in [1.165, 1.54) is 19.1 Å². The van der Waals surface area contributed by atoms with E-state index in [9.17, 15) is 18.0 Å². The number of hydrogen-bond acceptors (Lipinski definition) is 3. The molecule has 2 heterocycles. The fourth-order valence-corrected chi connectivity index (χ4v) is 3.91. The van der Waals surface area contributed by atoms with Crippen molar-refractivity contribution in [1.82, 2.24) is 10.3 Å². The summed E-state index contributed by atoms with van der Waals surface area (Å²) in [6, 6.07) is 7.76. The maximum absolute atomic E-state index is 13.2. The molecule has 1 aromatic heterocycles. The fraction of sp³-hybridized carbons (Fsp3) is 0.391. The summed E-state index contributed by atoms with van der Waals surface area (Å²) in [5.74, 6) is 0.963. The highest BCUT2D eigenvalue weighted by Crippen LogP contribution is 2.44. The molecule has 30 heavy (non-hydrogen) atoms. The van der Waals surface area contributed by atoms with Crippen molar-refractivity contribution in [2.24, 2.45) is 0 Å². The van der Waals surface area contributed by atoms with Crippen molar-refractivity contribution >= 4 is 11.5 Å². The number of rotatable bonds is 5. The molecule has 7 heteroatoms. The van der Waals surface area contributed by atoms with Gasteiger partial charge in [-0.3, -0.25) is 4.79 Å². The number of alkyl halides is 3. The van der Waals surface area contributed by atoms with Crippen LogP contribution in [-0.2, 0) is 11.0 Å². The summed E-state index contributed by atoms with van der Waals surface area (Å²) >= 11 is 0. The Morgan fingerprint density at radius 2 is 1.97 bits per heavy atom. The van der Waals surface area contributed by atoms with E-state index in [2.05, 4.69) is 10.3 Å². The molecule has 1 amide bonds. The number of benzene rings is 1. The highest BCUT2D eigenvalue weighted by molar-refractivity contribution is 5.82. The molecular weight excluding hydrogens is 393 g/mol. The van der Waals surface area contributed by atoms with Crippen LogP contribution < -0.4 is 10.1 Å². The first kappa shape index (κ1) is 20.4. The first-order valence-electron chi connectivity index (χ1n) is 10.0. The van der Waals surface area contributed by atoms with Gasteiger partial charge in [-0.2, -0.15) is 13.2 Å². The average molecular weight is 416 g/mol. The van der Waals surface area contributed by atoms with Crippen molar-refractivity contribution in [3.8, 4) is 5.88 Å². The summed E-state index contributed by atoms with van der Waals surface area (Å²) in [7, 11) is 1.57. The van der Waals surface area contributed by atoms with Gasteiger partial charge in [-0.15, -0.1) is 0 Å². The van der Waals surface area contributed by atoms with Crippen LogP contribution in [0.3, 0.4) is 0 Å². The van der Waals surface area contributed by atoms with Gasteiger partial charge in [0.1, 0.15) is 0 Å². The van der Waals surface area contributed by atoms with Gasteiger partial charge in [0, 0.05) is 23.6 Å². The molecule has 158 valence electrons. The van der Waals surface area contributed by atoms with Crippen LogP contribution in [0.1, 0.15) is 59.5 Å². The summed E-state index contributed by atoms with van der Waals surface area (Å²) in [5.41, 5.74) is 2.45. The molecule has 0 spiro atoms. The quantitative estimate of drug-likeness (QED) is 0.746. The van der Waals surface area contributed by atoms with E-state index >= 15 is 0 Å². The van der Waals surface area contributed by atoms with E-state index in [0.29, 0.717) is 41.5 Å². The molecule has 0 radical (unpaired) electrons. The number of carbonyl (C=O) groups excluding carboxylic acids is 1. The summed E-state index contributed by atoms with van der Waals surface area (Å²) in [6.07, 6.45) is 0.750. The lowest BCUT2D eigenvalue weighted by molar-refractivity contribution is -0.138. The number of carbonyl (C=O) groups is 1. The molecule has 0 unspecified atom stereocenters. The zero-order valence-corrected chi connectivity index (χ0v) is 16.8. The lowest BCUT2D eigenvalue weighted by atomic mass is 9.95. The molecule has 1 saturated carbocycles. The highest BCUT2D eigenvalue weighted by Gasteiger charge is 2.33. The van der Waals surface area contributed by atoms with Crippen LogP contribution in [-0.4, -0.2) is 24.0 Å². The van der Waals surface area contributed by atoms with Gasteiger partial charge in [-0.25, -0.2) is 4.98 Å². The van der Waals surface area contributed by atoms with Crippen LogP contribution in [0.2, 0.25) is 0 Å². The predicted molar refractivity (Wildman–Crippen MR) is 107 cm³/mol. The van der Waals surface area contributed by atoms with Gasteiger partial charge < -0.3 is 10.1 Å². The molecule has 4 nitrogen and oxygen atoms in total. The second kappa shape index (κ2) is 7.78. The zero-order chi connectivity index (χ0) is 21.5. The van der Waals surface area contributed by atoms with Crippen molar-refractivity contribution in [1.29, 1.82) is 0 Å². The van der Waals surface area contributed by atoms with Crippen LogP contribution in [0.4, 0.5) is 13.2 Å². The second-order valence-corrected chi connectivity index (χ2v) is 7.89. The Hall–Kier alpha value is -2.83. The van der Waals surface area contributed by atoms with Crippen molar-refractivity contribution in [2.45, 2.75) is 50.7 Å². The number of pyridine rings is 1. The van der Waals surface area contributed by atoms with E-state index < -0.39 is 11.7 Å². The lowest BCUT2D eigenvalue weighted by Gasteiger charge is -2.16. The first-order chi connectivity index (χ1) is 14.3. The molecule has 2 aromatic rings. The smallest absolute Gasteiger partial charge is 0.416 e.